The molecule has 0 unspecified atom stereocenters. The molecular weight excluding hydrogens is 140 g/mol. The van der Waals surface area contributed by atoms with E-state index in [1.54, 1.807) is 14.1 Å². The second-order valence-electron chi connectivity index (χ2n) is 4.08. The van der Waals surface area contributed by atoms with Gasteiger partial charge >= 0.3 is 0 Å². The van der Waals surface area contributed by atoms with Crippen molar-refractivity contribution in [3.8, 4) is 0 Å². The maximum absolute atomic E-state index is 11.3. The Bertz CT molecular complexity index is 147. The third-order valence-corrected chi connectivity index (χ3v) is 1.64. The predicted molar refractivity (Wildman–Crippen MR) is 46.1 cm³/mol. The summed E-state index contributed by atoms with van der Waals surface area (Å²) in [5, 5.41) is 0. The maximum atomic E-state index is 11.3. The van der Waals surface area contributed by atoms with Gasteiger partial charge in [-0.25, -0.2) is 0 Å². The summed E-state index contributed by atoms with van der Waals surface area (Å²) >= 11 is 0. The minimum absolute atomic E-state index is 0.0162. The number of likely N-dealkylation sites (N-methyl/N-ethyl adjacent to an activating group) is 1. The van der Waals surface area contributed by atoms with Crippen molar-refractivity contribution in [1.82, 2.24) is 4.90 Å². The Morgan fingerprint density at radius 2 is 1.73 bits per heavy atom. The van der Waals surface area contributed by atoms with E-state index < -0.39 is 6.04 Å². The molecule has 0 aliphatic rings. The Morgan fingerprint density at radius 3 is 1.82 bits per heavy atom. The zero-order valence-corrected chi connectivity index (χ0v) is 8.01. The highest BCUT2D eigenvalue weighted by molar-refractivity contribution is 5.81. The fourth-order valence-corrected chi connectivity index (χ4v) is 0.649. The molecule has 0 aromatic rings. The molecule has 0 fully saturated rings. The highest BCUT2D eigenvalue weighted by Crippen LogP contribution is 2.18. The summed E-state index contributed by atoms with van der Waals surface area (Å²) in [4.78, 5) is 12.8. The molecule has 0 saturated heterocycles. The van der Waals surface area contributed by atoms with Crippen molar-refractivity contribution >= 4 is 5.91 Å². The van der Waals surface area contributed by atoms with Crippen LogP contribution >= 0.6 is 0 Å². The minimum Gasteiger partial charge on any atom is -0.347 e. The van der Waals surface area contributed by atoms with Crippen molar-refractivity contribution in [2.45, 2.75) is 26.8 Å². The Kier molecular flexibility index (Phi) is 3.05. The summed E-state index contributed by atoms with van der Waals surface area (Å²) in [7, 11) is 3.43. The van der Waals surface area contributed by atoms with Crippen LogP contribution in [-0.2, 0) is 4.79 Å². The Balaban J connectivity index is 4.26. The van der Waals surface area contributed by atoms with Gasteiger partial charge < -0.3 is 10.6 Å². The summed E-state index contributed by atoms with van der Waals surface area (Å²) in [6, 6.07) is -0.405. The number of hydrogen-bond donors (Lipinski definition) is 1. The Morgan fingerprint density at radius 1 is 1.36 bits per heavy atom. The molecule has 0 aromatic heterocycles. The van der Waals surface area contributed by atoms with Crippen LogP contribution in [-0.4, -0.2) is 30.9 Å². The van der Waals surface area contributed by atoms with Crippen molar-refractivity contribution in [3.05, 3.63) is 0 Å². The standard InChI is InChI=1S/C8H18N2O/c1-8(2,3)6(9)7(11)10(4)5/h6H,9H2,1-5H3/t6-/m1/s1. The molecule has 0 radical (unpaired) electrons. The molecule has 66 valence electrons. The zero-order chi connectivity index (χ0) is 9.23. The van der Waals surface area contributed by atoms with E-state index in [-0.39, 0.29) is 11.3 Å². The number of nitrogens with zero attached hydrogens (tertiary/aromatic N) is 1. The van der Waals surface area contributed by atoms with Crippen LogP contribution in [0.4, 0.5) is 0 Å². The normalized spacial score (nSPS) is 14.4. The van der Waals surface area contributed by atoms with Gasteiger partial charge in [0, 0.05) is 14.1 Å². The number of hydrogen-bond acceptors (Lipinski definition) is 2. The molecule has 1 amide bonds. The first-order valence-electron chi connectivity index (χ1n) is 3.73. The molecule has 0 aromatic carbocycles. The van der Waals surface area contributed by atoms with Gasteiger partial charge in [0.25, 0.3) is 0 Å². The van der Waals surface area contributed by atoms with Crippen LogP contribution in [0.3, 0.4) is 0 Å². The summed E-state index contributed by atoms with van der Waals surface area (Å²) in [6.07, 6.45) is 0. The van der Waals surface area contributed by atoms with E-state index in [9.17, 15) is 4.79 Å². The van der Waals surface area contributed by atoms with Crippen molar-refractivity contribution in [2.24, 2.45) is 11.1 Å². The summed E-state index contributed by atoms with van der Waals surface area (Å²) in [5.74, 6) is -0.0162. The van der Waals surface area contributed by atoms with Crippen LogP contribution in [0, 0.1) is 5.41 Å². The van der Waals surface area contributed by atoms with Gasteiger partial charge in [0.05, 0.1) is 6.04 Å². The van der Waals surface area contributed by atoms with Crippen LogP contribution in [0.15, 0.2) is 0 Å². The van der Waals surface area contributed by atoms with Gasteiger partial charge in [-0.05, 0) is 5.41 Å². The van der Waals surface area contributed by atoms with E-state index in [1.807, 2.05) is 20.8 Å². The molecule has 0 aliphatic carbocycles. The van der Waals surface area contributed by atoms with Crippen LogP contribution in [0.2, 0.25) is 0 Å². The predicted octanol–water partition coefficient (Wildman–Crippen LogP) is 0.448. The lowest BCUT2D eigenvalue weighted by atomic mass is 9.87. The third kappa shape index (κ3) is 2.89. The smallest absolute Gasteiger partial charge is 0.239 e. The SMILES string of the molecule is CN(C)C(=O)[C@@H](N)C(C)(C)C. The molecule has 1 atom stereocenters. The van der Waals surface area contributed by atoms with Gasteiger partial charge in [0.2, 0.25) is 5.91 Å². The first kappa shape index (κ1) is 10.4. The first-order chi connectivity index (χ1) is 4.76. The van der Waals surface area contributed by atoms with Gasteiger partial charge in [-0.15, -0.1) is 0 Å². The van der Waals surface area contributed by atoms with E-state index in [4.69, 9.17) is 5.73 Å². The van der Waals surface area contributed by atoms with E-state index in [0.717, 1.165) is 0 Å². The van der Waals surface area contributed by atoms with Crippen LogP contribution in [0.5, 0.6) is 0 Å². The largest absolute Gasteiger partial charge is 0.347 e. The van der Waals surface area contributed by atoms with Gasteiger partial charge in [-0.1, -0.05) is 20.8 Å². The number of carbonyl (C=O) groups excluding carboxylic acids is 1. The highest BCUT2D eigenvalue weighted by Gasteiger charge is 2.28. The molecule has 0 bridgehead atoms. The molecule has 2 N–H and O–H groups in total. The first-order valence-corrected chi connectivity index (χ1v) is 3.73. The number of nitrogens with two attached hydrogens (primary N) is 1. The molecule has 0 aliphatic heterocycles. The number of rotatable bonds is 1. The topological polar surface area (TPSA) is 46.3 Å². The molecular formula is C8H18N2O. The highest BCUT2D eigenvalue weighted by atomic mass is 16.2. The number of amides is 1. The van der Waals surface area contributed by atoms with Crippen LogP contribution in [0.1, 0.15) is 20.8 Å². The lowest BCUT2D eigenvalue weighted by molar-refractivity contribution is -0.132. The van der Waals surface area contributed by atoms with Gasteiger partial charge in [-0.2, -0.15) is 0 Å². The monoisotopic (exact) mass is 158 g/mol. The molecule has 0 spiro atoms. The van der Waals surface area contributed by atoms with Crippen molar-refractivity contribution in [2.75, 3.05) is 14.1 Å². The van der Waals surface area contributed by atoms with E-state index in [0.29, 0.717) is 0 Å². The van der Waals surface area contributed by atoms with Crippen LogP contribution in [0.25, 0.3) is 0 Å². The fourth-order valence-electron chi connectivity index (χ4n) is 0.649. The van der Waals surface area contributed by atoms with Gasteiger partial charge in [0.1, 0.15) is 0 Å². The van der Waals surface area contributed by atoms with E-state index in [1.165, 1.54) is 4.90 Å². The molecule has 0 heterocycles. The van der Waals surface area contributed by atoms with Gasteiger partial charge in [-0.3, -0.25) is 4.79 Å². The Labute approximate surface area is 68.6 Å². The average molecular weight is 158 g/mol. The minimum atomic E-state index is -0.405. The average Bonchev–Trinajstić information content (AvgIpc) is 1.82. The quantitative estimate of drug-likeness (QED) is 0.602. The van der Waals surface area contributed by atoms with Gasteiger partial charge in [0.15, 0.2) is 0 Å². The number of carbonyl (C=O) groups is 1. The van der Waals surface area contributed by atoms with Crippen molar-refractivity contribution in [1.29, 1.82) is 0 Å². The fraction of sp³-hybridized carbons (Fsp3) is 0.875. The summed E-state index contributed by atoms with van der Waals surface area (Å²) < 4.78 is 0. The molecule has 3 nitrogen and oxygen atoms in total. The maximum Gasteiger partial charge on any atom is 0.239 e. The summed E-state index contributed by atoms with van der Waals surface area (Å²) in [6.45, 7) is 5.87. The molecule has 0 rings (SSSR count). The lowest BCUT2D eigenvalue weighted by Gasteiger charge is -2.28. The third-order valence-electron chi connectivity index (χ3n) is 1.64. The van der Waals surface area contributed by atoms with E-state index >= 15 is 0 Å². The van der Waals surface area contributed by atoms with Crippen LogP contribution < -0.4 is 5.73 Å². The summed E-state index contributed by atoms with van der Waals surface area (Å²) in [5.41, 5.74) is 5.55. The Hall–Kier alpha value is -0.570. The molecule has 3 heteroatoms. The lowest BCUT2D eigenvalue weighted by Crippen LogP contribution is -2.47. The zero-order valence-electron chi connectivity index (χ0n) is 8.01. The second-order valence-corrected chi connectivity index (χ2v) is 4.08. The molecule has 11 heavy (non-hydrogen) atoms. The molecule has 0 saturated carbocycles. The second kappa shape index (κ2) is 3.22. The van der Waals surface area contributed by atoms with Crippen molar-refractivity contribution < 1.29 is 4.79 Å². The van der Waals surface area contributed by atoms with E-state index in [2.05, 4.69) is 0 Å². The van der Waals surface area contributed by atoms with Crippen molar-refractivity contribution in [3.63, 3.8) is 0 Å².